The van der Waals surface area contributed by atoms with Crippen molar-refractivity contribution in [2.45, 2.75) is 6.61 Å². The van der Waals surface area contributed by atoms with E-state index in [1.165, 1.54) is 24.4 Å². The Kier molecular flexibility index (Phi) is 3.27. The summed E-state index contributed by atoms with van der Waals surface area (Å²) in [5.74, 6) is -0.664. The SMILES string of the molecule is Fc1cccc(-c2cccnc2OC(F)F)c1. The van der Waals surface area contributed by atoms with Gasteiger partial charge in [-0.1, -0.05) is 12.1 Å². The van der Waals surface area contributed by atoms with E-state index in [1.807, 2.05) is 0 Å². The molecule has 0 N–H and O–H groups in total. The second-order valence-electron chi connectivity index (χ2n) is 3.24. The first-order chi connectivity index (χ1) is 8.16. The Morgan fingerprint density at radius 1 is 1.12 bits per heavy atom. The van der Waals surface area contributed by atoms with Crippen LogP contribution >= 0.6 is 0 Å². The van der Waals surface area contributed by atoms with Crippen molar-refractivity contribution in [1.82, 2.24) is 4.98 Å². The molecule has 0 spiro atoms. The molecule has 0 atom stereocenters. The number of nitrogens with zero attached hydrogens (tertiary/aromatic N) is 1. The number of hydrogen-bond donors (Lipinski definition) is 0. The Labute approximate surface area is 95.7 Å². The molecule has 5 heteroatoms. The van der Waals surface area contributed by atoms with E-state index in [4.69, 9.17) is 0 Å². The molecule has 2 aromatic rings. The van der Waals surface area contributed by atoms with Crippen molar-refractivity contribution < 1.29 is 17.9 Å². The molecule has 0 fully saturated rings. The van der Waals surface area contributed by atoms with E-state index >= 15 is 0 Å². The van der Waals surface area contributed by atoms with Crippen molar-refractivity contribution in [1.29, 1.82) is 0 Å². The van der Waals surface area contributed by atoms with E-state index in [9.17, 15) is 13.2 Å². The van der Waals surface area contributed by atoms with Gasteiger partial charge in [-0.15, -0.1) is 0 Å². The minimum Gasteiger partial charge on any atom is -0.416 e. The molecule has 2 rings (SSSR count). The first-order valence-electron chi connectivity index (χ1n) is 4.82. The molecule has 0 aliphatic rings. The van der Waals surface area contributed by atoms with E-state index in [2.05, 4.69) is 9.72 Å². The van der Waals surface area contributed by atoms with Crippen LogP contribution in [0.4, 0.5) is 13.2 Å². The maximum Gasteiger partial charge on any atom is 0.388 e. The largest absolute Gasteiger partial charge is 0.416 e. The van der Waals surface area contributed by atoms with Crippen LogP contribution in [0.25, 0.3) is 11.1 Å². The van der Waals surface area contributed by atoms with Crippen LogP contribution < -0.4 is 4.74 Å². The summed E-state index contributed by atoms with van der Waals surface area (Å²) in [6.45, 7) is -2.96. The van der Waals surface area contributed by atoms with Crippen molar-refractivity contribution in [3.63, 3.8) is 0 Å². The van der Waals surface area contributed by atoms with Crippen LogP contribution in [0.3, 0.4) is 0 Å². The van der Waals surface area contributed by atoms with Crippen molar-refractivity contribution in [2.75, 3.05) is 0 Å². The fourth-order valence-electron chi connectivity index (χ4n) is 1.44. The number of pyridine rings is 1. The summed E-state index contributed by atoms with van der Waals surface area (Å²) in [6, 6.07) is 8.70. The highest BCUT2D eigenvalue weighted by Crippen LogP contribution is 2.28. The Bertz CT molecular complexity index is 517. The Morgan fingerprint density at radius 2 is 1.94 bits per heavy atom. The van der Waals surface area contributed by atoms with E-state index < -0.39 is 12.4 Å². The summed E-state index contributed by atoms with van der Waals surface area (Å²) < 4.78 is 41.6. The van der Waals surface area contributed by atoms with E-state index in [0.717, 1.165) is 0 Å². The number of hydrogen-bond acceptors (Lipinski definition) is 2. The van der Waals surface area contributed by atoms with Gasteiger partial charge in [-0.25, -0.2) is 9.37 Å². The average molecular weight is 239 g/mol. The zero-order valence-corrected chi connectivity index (χ0v) is 8.61. The molecule has 1 aromatic carbocycles. The summed E-state index contributed by atoms with van der Waals surface area (Å²) in [6.07, 6.45) is 1.33. The number of aromatic nitrogens is 1. The molecule has 17 heavy (non-hydrogen) atoms. The molecular weight excluding hydrogens is 231 g/mol. The third-order valence-corrected chi connectivity index (χ3v) is 2.11. The molecule has 1 heterocycles. The topological polar surface area (TPSA) is 22.1 Å². The number of alkyl halides is 2. The minimum absolute atomic E-state index is 0.215. The molecule has 0 radical (unpaired) electrons. The lowest BCUT2D eigenvalue weighted by molar-refractivity contribution is -0.0524. The second kappa shape index (κ2) is 4.86. The van der Waals surface area contributed by atoms with Crippen LogP contribution in [0.5, 0.6) is 5.88 Å². The fourth-order valence-corrected chi connectivity index (χ4v) is 1.44. The third kappa shape index (κ3) is 2.75. The summed E-state index contributed by atoms with van der Waals surface area (Å²) in [5, 5.41) is 0. The van der Waals surface area contributed by atoms with Gasteiger partial charge in [0.05, 0.1) is 0 Å². The average Bonchev–Trinajstić information content (AvgIpc) is 2.29. The monoisotopic (exact) mass is 239 g/mol. The van der Waals surface area contributed by atoms with Crippen LogP contribution in [0.1, 0.15) is 0 Å². The number of benzene rings is 1. The number of halogens is 3. The van der Waals surface area contributed by atoms with Gasteiger partial charge >= 0.3 is 6.61 Å². The van der Waals surface area contributed by atoms with Gasteiger partial charge in [0.2, 0.25) is 5.88 Å². The van der Waals surface area contributed by atoms with Crippen molar-refractivity contribution >= 4 is 0 Å². The molecule has 0 aliphatic carbocycles. The maximum absolute atomic E-state index is 13.0. The van der Waals surface area contributed by atoms with Crippen molar-refractivity contribution in [3.8, 4) is 17.0 Å². The highest BCUT2D eigenvalue weighted by Gasteiger charge is 2.12. The highest BCUT2D eigenvalue weighted by molar-refractivity contribution is 5.68. The summed E-state index contributed by atoms with van der Waals surface area (Å²) >= 11 is 0. The van der Waals surface area contributed by atoms with E-state index in [1.54, 1.807) is 18.2 Å². The van der Waals surface area contributed by atoms with Crippen LogP contribution in [0.2, 0.25) is 0 Å². The van der Waals surface area contributed by atoms with Gasteiger partial charge in [-0.3, -0.25) is 0 Å². The normalized spacial score (nSPS) is 10.6. The van der Waals surface area contributed by atoms with Crippen molar-refractivity contribution in [3.05, 3.63) is 48.4 Å². The van der Waals surface area contributed by atoms with Crippen LogP contribution in [-0.2, 0) is 0 Å². The molecule has 0 unspecified atom stereocenters. The third-order valence-electron chi connectivity index (χ3n) is 2.11. The molecular formula is C12H8F3NO. The first-order valence-corrected chi connectivity index (χ1v) is 4.82. The standard InChI is InChI=1S/C12H8F3NO/c13-9-4-1-3-8(7-9)10-5-2-6-16-11(10)17-12(14)15/h1-7,12H. The lowest BCUT2D eigenvalue weighted by Crippen LogP contribution is -2.04. The summed E-state index contributed by atoms with van der Waals surface area (Å²) in [4.78, 5) is 3.70. The Balaban J connectivity index is 2.44. The van der Waals surface area contributed by atoms with Gasteiger partial charge in [-0.2, -0.15) is 8.78 Å². The molecule has 2 nitrogen and oxygen atoms in total. The zero-order valence-electron chi connectivity index (χ0n) is 8.61. The van der Waals surface area contributed by atoms with E-state index in [-0.39, 0.29) is 5.88 Å². The zero-order chi connectivity index (χ0) is 12.3. The van der Waals surface area contributed by atoms with Crippen molar-refractivity contribution in [2.24, 2.45) is 0 Å². The molecule has 0 saturated carbocycles. The smallest absolute Gasteiger partial charge is 0.388 e. The highest BCUT2D eigenvalue weighted by atomic mass is 19.3. The Morgan fingerprint density at radius 3 is 2.65 bits per heavy atom. The van der Waals surface area contributed by atoms with Crippen LogP contribution in [0, 0.1) is 5.82 Å². The second-order valence-corrected chi connectivity index (χ2v) is 3.24. The molecule has 0 saturated heterocycles. The van der Waals surface area contributed by atoms with Gasteiger partial charge in [0.25, 0.3) is 0 Å². The predicted octanol–water partition coefficient (Wildman–Crippen LogP) is 3.49. The minimum atomic E-state index is -2.96. The quantitative estimate of drug-likeness (QED) is 0.817. The van der Waals surface area contributed by atoms with Crippen LogP contribution in [0.15, 0.2) is 42.6 Å². The lowest BCUT2D eigenvalue weighted by atomic mass is 10.1. The molecule has 0 aliphatic heterocycles. The molecule has 88 valence electrons. The van der Waals surface area contributed by atoms with E-state index in [0.29, 0.717) is 11.1 Å². The molecule has 0 bridgehead atoms. The first kappa shape index (κ1) is 11.4. The lowest BCUT2D eigenvalue weighted by Gasteiger charge is -2.09. The van der Waals surface area contributed by atoms with Gasteiger partial charge in [0, 0.05) is 11.8 Å². The molecule has 1 aromatic heterocycles. The summed E-state index contributed by atoms with van der Waals surface area (Å²) in [7, 11) is 0. The van der Waals surface area contributed by atoms with Gasteiger partial charge < -0.3 is 4.74 Å². The maximum atomic E-state index is 13.0. The molecule has 0 amide bonds. The van der Waals surface area contributed by atoms with Gasteiger partial charge in [0.1, 0.15) is 5.82 Å². The van der Waals surface area contributed by atoms with Crippen LogP contribution in [-0.4, -0.2) is 11.6 Å². The fraction of sp³-hybridized carbons (Fsp3) is 0.0833. The van der Waals surface area contributed by atoms with Gasteiger partial charge in [-0.05, 0) is 29.8 Å². The number of ether oxygens (including phenoxy) is 1. The predicted molar refractivity (Wildman–Crippen MR) is 56.3 cm³/mol. The number of rotatable bonds is 3. The Hall–Kier alpha value is -2.04. The van der Waals surface area contributed by atoms with Gasteiger partial charge in [0.15, 0.2) is 0 Å². The summed E-state index contributed by atoms with van der Waals surface area (Å²) in [5.41, 5.74) is 0.765.